The van der Waals surface area contributed by atoms with E-state index in [1.807, 2.05) is 10.9 Å². The van der Waals surface area contributed by atoms with Crippen LogP contribution >= 0.6 is 0 Å². The minimum absolute atomic E-state index is 0.00153. The molecule has 0 spiro atoms. The van der Waals surface area contributed by atoms with Crippen LogP contribution in [0.15, 0.2) is 12.4 Å². The highest BCUT2D eigenvalue weighted by molar-refractivity contribution is 5.30. The Kier molecular flexibility index (Phi) is 2.46. The molecule has 0 aromatic carbocycles. The molecule has 0 atom stereocenters. The molecule has 1 aliphatic carbocycles. The number of nitrogens with zero attached hydrogens (tertiary/aromatic N) is 2. The van der Waals surface area contributed by atoms with Gasteiger partial charge in [0, 0.05) is 13.3 Å². The molecule has 0 aliphatic heterocycles. The zero-order chi connectivity index (χ0) is 10.0. The van der Waals surface area contributed by atoms with Gasteiger partial charge in [0.25, 0.3) is 0 Å². The van der Waals surface area contributed by atoms with Crippen molar-refractivity contribution in [1.82, 2.24) is 9.78 Å². The van der Waals surface area contributed by atoms with Gasteiger partial charge in [0.1, 0.15) is 0 Å². The first-order valence-electron chi connectivity index (χ1n) is 5.07. The highest BCUT2D eigenvalue weighted by Crippen LogP contribution is 2.33. The number of methoxy groups -OCH3 is 1. The average molecular weight is 195 g/mol. The van der Waals surface area contributed by atoms with Crippen LogP contribution < -0.4 is 5.73 Å². The molecule has 4 heteroatoms. The fourth-order valence-electron chi connectivity index (χ4n) is 2.21. The number of nitrogens with two attached hydrogens (primary N) is 1. The third-order valence-corrected chi connectivity index (χ3v) is 3.05. The van der Waals surface area contributed by atoms with Crippen LogP contribution in [0, 0.1) is 0 Å². The lowest BCUT2D eigenvalue weighted by Crippen LogP contribution is -2.33. The summed E-state index contributed by atoms with van der Waals surface area (Å²) in [5, 5.41) is 4.18. The van der Waals surface area contributed by atoms with Gasteiger partial charge < -0.3 is 10.5 Å². The lowest BCUT2D eigenvalue weighted by molar-refractivity contribution is -0.0208. The topological polar surface area (TPSA) is 53.1 Å². The number of aromatic nitrogens is 2. The van der Waals surface area contributed by atoms with Crippen LogP contribution in [-0.2, 0) is 11.3 Å². The molecule has 0 unspecified atom stereocenters. The van der Waals surface area contributed by atoms with Gasteiger partial charge in [-0.2, -0.15) is 5.10 Å². The molecule has 78 valence electrons. The summed E-state index contributed by atoms with van der Waals surface area (Å²) in [6.45, 7) is 0.820. The Balaban J connectivity index is 2.08. The van der Waals surface area contributed by atoms with Crippen LogP contribution in [0.1, 0.15) is 25.7 Å². The number of rotatable bonds is 3. The summed E-state index contributed by atoms with van der Waals surface area (Å²) in [5.41, 5.74) is 6.33. The van der Waals surface area contributed by atoms with Crippen LogP contribution in [0.5, 0.6) is 0 Å². The van der Waals surface area contributed by atoms with Crippen molar-refractivity contribution < 1.29 is 4.74 Å². The standard InChI is InChI=1S/C10H17N3O/c1-14-10(4-2-3-5-10)8-13-7-9(11)6-12-13/h6-7H,2-5,8,11H2,1H3. The van der Waals surface area contributed by atoms with Crippen molar-refractivity contribution in [3.05, 3.63) is 12.4 Å². The van der Waals surface area contributed by atoms with Crippen LogP contribution in [0.25, 0.3) is 0 Å². The average Bonchev–Trinajstić information content (AvgIpc) is 2.77. The molecular weight excluding hydrogens is 178 g/mol. The van der Waals surface area contributed by atoms with Crippen molar-refractivity contribution in [2.24, 2.45) is 0 Å². The molecular formula is C10H17N3O. The molecule has 1 aromatic rings. The lowest BCUT2D eigenvalue weighted by Gasteiger charge is -2.27. The van der Waals surface area contributed by atoms with Gasteiger partial charge in [-0.05, 0) is 12.8 Å². The van der Waals surface area contributed by atoms with E-state index in [0.29, 0.717) is 5.69 Å². The Morgan fingerprint density at radius 3 is 2.79 bits per heavy atom. The maximum absolute atomic E-state index is 5.61. The predicted molar refractivity (Wildman–Crippen MR) is 54.8 cm³/mol. The zero-order valence-electron chi connectivity index (χ0n) is 8.57. The number of hydrogen-bond donors (Lipinski definition) is 1. The second-order valence-corrected chi connectivity index (χ2v) is 4.07. The molecule has 0 bridgehead atoms. The van der Waals surface area contributed by atoms with Crippen molar-refractivity contribution >= 4 is 5.69 Å². The number of hydrogen-bond acceptors (Lipinski definition) is 3. The van der Waals surface area contributed by atoms with E-state index in [1.54, 1.807) is 13.3 Å². The number of ether oxygens (including phenoxy) is 1. The highest BCUT2D eigenvalue weighted by Gasteiger charge is 2.34. The molecule has 2 rings (SSSR count). The molecule has 4 nitrogen and oxygen atoms in total. The third-order valence-electron chi connectivity index (χ3n) is 3.05. The van der Waals surface area contributed by atoms with Crippen LogP contribution in [-0.4, -0.2) is 22.5 Å². The largest absolute Gasteiger partial charge is 0.396 e. The summed E-state index contributed by atoms with van der Waals surface area (Å²) < 4.78 is 7.49. The minimum Gasteiger partial charge on any atom is -0.396 e. The van der Waals surface area contributed by atoms with E-state index < -0.39 is 0 Å². The summed E-state index contributed by atoms with van der Waals surface area (Å²) in [5.74, 6) is 0. The summed E-state index contributed by atoms with van der Waals surface area (Å²) in [7, 11) is 1.79. The maximum Gasteiger partial charge on any atom is 0.0873 e. The van der Waals surface area contributed by atoms with Gasteiger partial charge in [-0.25, -0.2) is 0 Å². The molecule has 1 aliphatic rings. The molecule has 1 fully saturated rings. The van der Waals surface area contributed by atoms with Crippen molar-refractivity contribution in [2.45, 2.75) is 37.8 Å². The molecule has 14 heavy (non-hydrogen) atoms. The fraction of sp³-hybridized carbons (Fsp3) is 0.700. The molecule has 1 heterocycles. The van der Waals surface area contributed by atoms with Crippen LogP contribution in [0.2, 0.25) is 0 Å². The monoisotopic (exact) mass is 195 g/mol. The van der Waals surface area contributed by atoms with Crippen molar-refractivity contribution in [2.75, 3.05) is 12.8 Å². The highest BCUT2D eigenvalue weighted by atomic mass is 16.5. The summed E-state index contributed by atoms with van der Waals surface area (Å²) >= 11 is 0. The van der Waals surface area contributed by atoms with Crippen molar-refractivity contribution in [1.29, 1.82) is 0 Å². The zero-order valence-corrected chi connectivity index (χ0v) is 8.57. The lowest BCUT2D eigenvalue weighted by atomic mass is 10.0. The molecule has 0 amide bonds. The second kappa shape index (κ2) is 3.61. The second-order valence-electron chi connectivity index (χ2n) is 4.07. The van der Waals surface area contributed by atoms with Gasteiger partial charge in [0.2, 0.25) is 0 Å². The van der Waals surface area contributed by atoms with E-state index in [0.717, 1.165) is 19.4 Å². The Morgan fingerprint density at radius 1 is 1.57 bits per heavy atom. The van der Waals surface area contributed by atoms with Gasteiger partial charge in [0.15, 0.2) is 0 Å². The quantitative estimate of drug-likeness (QED) is 0.793. The van der Waals surface area contributed by atoms with E-state index >= 15 is 0 Å². The van der Waals surface area contributed by atoms with E-state index in [9.17, 15) is 0 Å². The Labute approximate surface area is 84.0 Å². The Bertz CT molecular complexity index is 302. The SMILES string of the molecule is COC1(Cn2cc(N)cn2)CCCC1. The minimum atomic E-state index is -0.00153. The summed E-state index contributed by atoms with van der Waals surface area (Å²) in [4.78, 5) is 0. The first-order chi connectivity index (χ1) is 6.74. The third kappa shape index (κ3) is 1.75. The predicted octanol–water partition coefficient (Wildman–Crippen LogP) is 1.42. The number of nitrogen functional groups attached to an aromatic ring is 1. The smallest absolute Gasteiger partial charge is 0.0873 e. The first-order valence-corrected chi connectivity index (χ1v) is 5.07. The van der Waals surface area contributed by atoms with E-state index in [-0.39, 0.29) is 5.60 Å². The van der Waals surface area contributed by atoms with Crippen molar-refractivity contribution in [3.8, 4) is 0 Å². The molecule has 2 N–H and O–H groups in total. The van der Waals surface area contributed by atoms with Gasteiger partial charge >= 0.3 is 0 Å². The van der Waals surface area contributed by atoms with Gasteiger partial charge in [0.05, 0.1) is 24.0 Å². The summed E-state index contributed by atoms with van der Waals surface area (Å²) in [6, 6.07) is 0. The van der Waals surface area contributed by atoms with E-state index in [4.69, 9.17) is 10.5 Å². The molecule has 1 aromatic heterocycles. The van der Waals surface area contributed by atoms with E-state index in [1.165, 1.54) is 12.8 Å². The van der Waals surface area contributed by atoms with Crippen LogP contribution in [0.4, 0.5) is 5.69 Å². The maximum atomic E-state index is 5.61. The fourth-order valence-corrected chi connectivity index (χ4v) is 2.21. The van der Waals surface area contributed by atoms with Crippen LogP contribution in [0.3, 0.4) is 0 Å². The van der Waals surface area contributed by atoms with Gasteiger partial charge in [-0.3, -0.25) is 4.68 Å². The number of anilines is 1. The first kappa shape index (κ1) is 9.52. The van der Waals surface area contributed by atoms with Gasteiger partial charge in [-0.15, -0.1) is 0 Å². The molecule has 0 saturated heterocycles. The summed E-state index contributed by atoms with van der Waals surface area (Å²) in [6.07, 6.45) is 8.30. The normalized spacial score (nSPS) is 20.1. The van der Waals surface area contributed by atoms with Gasteiger partial charge in [-0.1, -0.05) is 12.8 Å². The molecule has 0 radical (unpaired) electrons. The molecule has 1 saturated carbocycles. The Hall–Kier alpha value is -1.03. The van der Waals surface area contributed by atoms with E-state index in [2.05, 4.69) is 5.10 Å². The Morgan fingerprint density at radius 2 is 2.29 bits per heavy atom. The van der Waals surface area contributed by atoms with Crippen molar-refractivity contribution in [3.63, 3.8) is 0 Å².